The normalized spacial score (nSPS) is 32.2. The second-order valence-electron chi connectivity index (χ2n) is 7.59. The number of nitrogens with one attached hydrogen (secondary N) is 1. The van der Waals surface area contributed by atoms with Gasteiger partial charge in [0.25, 0.3) is 5.91 Å². The standard InChI is InChI=1S/C19H25N3O2/c1-19(18(24)21-12-15-10-20-11-16(15)13-21)8-5-9-22(19)17(23)14-6-3-2-4-7-14/h2-4,6-7,15-16,20H,5,8-13H2,1H3/t15-,16+,19?. The summed E-state index contributed by atoms with van der Waals surface area (Å²) in [4.78, 5) is 30.0. The maximum absolute atomic E-state index is 13.3. The summed E-state index contributed by atoms with van der Waals surface area (Å²) < 4.78 is 0. The van der Waals surface area contributed by atoms with E-state index in [9.17, 15) is 9.59 Å². The highest BCUT2D eigenvalue weighted by Crippen LogP contribution is 2.35. The van der Waals surface area contributed by atoms with Crippen LogP contribution in [-0.4, -0.2) is 59.9 Å². The molecule has 3 saturated heterocycles. The fourth-order valence-electron chi connectivity index (χ4n) is 4.61. The smallest absolute Gasteiger partial charge is 0.254 e. The summed E-state index contributed by atoms with van der Waals surface area (Å²) in [5.74, 6) is 1.28. The van der Waals surface area contributed by atoms with Crippen LogP contribution in [0.15, 0.2) is 30.3 Å². The Morgan fingerprint density at radius 3 is 2.46 bits per heavy atom. The molecule has 0 bridgehead atoms. The van der Waals surface area contributed by atoms with Crippen LogP contribution < -0.4 is 5.32 Å². The highest BCUT2D eigenvalue weighted by atomic mass is 16.2. The van der Waals surface area contributed by atoms with Crippen molar-refractivity contribution in [3.8, 4) is 0 Å². The number of hydrogen-bond acceptors (Lipinski definition) is 3. The first-order valence-corrected chi connectivity index (χ1v) is 8.97. The molecule has 3 atom stereocenters. The molecule has 0 radical (unpaired) electrons. The summed E-state index contributed by atoms with van der Waals surface area (Å²) in [6.07, 6.45) is 1.65. The average Bonchev–Trinajstić information content (AvgIpc) is 3.29. The number of nitrogens with zero attached hydrogens (tertiary/aromatic N) is 2. The third-order valence-corrected chi connectivity index (χ3v) is 6.04. The average molecular weight is 327 g/mol. The molecule has 3 fully saturated rings. The van der Waals surface area contributed by atoms with Crippen molar-refractivity contribution < 1.29 is 9.59 Å². The quantitative estimate of drug-likeness (QED) is 0.892. The summed E-state index contributed by atoms with van der Waals surface area (Å²) in [5, 5.41) is 3.41. The number of fused-ring (bicyclic) bond motifs is 1. The Labute approximate surface area is 143 Å². The molecular formula is C19H25N3O2. The first-order valence-electron chi connectivity index (χ1n) is 8.97. The second-order valence-corrected chi connectivity index (χ2v) is 7.59. The molecule has 1 unspecified atom stereocenters. The lowest BCUT2D eigenvalue weighted by Gasteiger charge is -2.37. The van der Waals surface area contributed by atoms with Crippen molar-refractivity contribution in [2.45, 2.75) is 25.3 Å². The largest absolute Gasteiger partial charge is 0.340 e. The molecule has 0 aliphatic carbocycles. The topological polar surface area (TPSA) is 52.7 Å². The Morgan fingerprint density at radius 1 is 1.12 bits per heavy atom. The molecule has 3 aliphatic heterocycles. The zero-order chi connectivity index (χ0) is 16.7. The number of hydrogen-bond donors (Lipinski definition) is 1. The van der Waals surface area contributed by atoms with E-state index < -0.39 is 5.54 Å². The van der Waals surface area contributed by atoms with Crippen molar-refractivity contribution in [3.63, 3.8) is 0 Å². The maximum atomic E-state index is 13.3. The molecule has 24 heavy (non-hydrogen) atoms. The molecule has 1 aromatic rings. The molecule has 1 N–H and O–H groups in total. The Kier molecular flexibility index (Phi) is 3.83. The van der Waals surface area contributed by atoms with Crippen LogP contribution in [0.4, 0.5) is 0 Å². The summed E-state index contributed by atoms with van der Waals surface area (Å²) in [6.45, 7) is 6.31. The zero-order valence-corrected chi connectivity index (χ0v) is 14.2. The summed E-state index contributed by atoms with van der Waals surface area (Å²) in [6, 6.07) is 9.31. The van der Waals surface area contributed by atoms with Crippen molar-refractivity contribution in [2.75, 3.05) is 32.7 Å². The minimum atomic E-state index is -0.695. The lowest BCUT2D eigenvalue weighted by Crippen LogP contribution is -2.56. The first-order chi connectivity index (χ1) is 11.6. The Hall–Kier alpha value is -1.88. The summed E-state index contributed by atoms with van der Waals surface area (Å²) in [7, 11) is 0. The van der Waals surface area contributed by atoms with Crippen molar-refractivity contribution in [1.82, 2.24) is 15.1 Å². The fraction of sp³-hybridized carbons (Fsp3) is 0.579. The SMILES string of the molecule is CC1(C(=O)N2C[C@H]3CNC[C@H]3C2)CCCN1C(=O)c1ccccc1. The van der Waals surface area contributed by atoms with Crippen LogP contribution in [0.1, 0.15) is 30.1 Å². The van der Waals surface area contributed by atoms with Gasteiger partial charge in [-0.15, -0.1) is 0 Å². The van der Waals surface area contributed by atoms with Gasteiger partial charge in [0, 0.05) is 38.3 Å². The van der Waals surface area contributed by atoms with Gasteiger partial charge in [-0.3, -0.25) is 9.59 Å². The number of amides is 2. The molecule has 1 aromatic carbocycles. The third-order valence-electron chi connectivity index (χ3n) is 6.04. The highest BCUT2D eigenvalue weighted by molar-refractivity contribution is 5.99. The fourth-order valence-corrected chi connectivity index (χ4v) is 4.61. The molecular weight excluding hydrogens is 302 g/mol. The van der Waals surface area contributed by atoms with Crippen LogP contribution in [-0.2, 0) is 4.79 Å². The monoisotopic (exact) mass is 327 g/mol. The third kappa shape index (κ3) is 2.42. The molecule has 4 rings (SSSR count). The van der Waals surface area contributed by atoms with Gasteiger partial charge in [0.05, 0.1) is 0 Å². The van der Waals surface area contributed by atoms with E-state index in [-0.39, 0.29) is 11.8 Å². The van der Waals surface area contributed by atoms with E-state index in [1.807, 2.05) is 42.2 Å². The number of benzene rings is 1. The molecule has 0 aromatic heterocycles. The Bertz CT molecular complexity index is 635. The number of rotatable bonds is 2. The van der Waals surface area contributed by atoms with Gasteiger partial charge in [0.2, 0.25) is 5.91 Å². The summed E-state index contributed by atoms with van der Waals surface area (Å²) in [5.41, 5.74) is -0.0279. The summed E-state index contributed by atoms with van der Waals surface area (Å²) >= 11 is 0. The van der Waals surface area contributed by atoms with Gasteiger partial charge in [-0.1, -0.05) is 18.2 Å². The molecule has 5 heteroatoms. The predicted octanol–water partition coefficient (Wildman–Crippen LogP) is 1.36. The number of carbonyl (C=O) groups excluding carboxylic acids is 2. The molecule has 128 valence electrons. The maximum Gasteiger partial charge on any atom is 0.254 e. The molecule has 3 aliphatic rings. The van der Waals surface area contributed by atoms with Crippen LogP contribution in [0.25, 0.3) is 0 Å². The number of likely N-dealkylation sites (tertiary alicyclic amines) is 2. The molecule has 5 nitrogen and oxygen atoms in total. The van der Waals surface area contributed by atoms with Gasteiger partial charge >= 0.3 is 0 Å². The van der Waals surface area contributed by atoms with Gasteiger partial charge in [-0.05, 0) is 43.7 Å². The molecule has 3 heterocycles. The van der Waals surface area contributed by atoms with E-state index in [0.717, 1.165) is 39.0 Å². The van der Waals surface area contributed by atoms with Crippen LogP contribution in [0.3, 0.4) is 0 Å². The Morgan fingerprint density at radius 2 is 1.79 bits per heavy atom. The van der Waals surface area contributed by atoms with E-state index >= 15 is 0 Å². The van der Waals surface area contributed by atoms with Gasteiger partial charge in [0.1, 0.15) is 5.54 Å². The van der Waals surface area contributed by atoms with Gasteiger partial charge in [0.15, 0.2) is 0 Å². The van der Waals surface area contributed by atoms with Gasteiger partial charge in [-0.25, -0.2) is 0 Å². The predicted molar refractivity (Wildman–Crippen MR) is 91.5 cm³/mol. The minimum Gasteiger partial charge on any atom is -0.340 e. The molecule has 2 amide bonds. The Balaban J connectivity index is 1.54. The number of carbonyl (C=O) groups is 2. The van der Waals surface area contributed by atoms with Crippen LogP contribution in [0.2, 0.25) is 0 Å². The van der Waals surface area contributed by atoms with Crippen molar-refractivity contribution in [3.05, 3.63) is 35.9 Å². The van der Waals surface area contributed by atoms with Gasteiger partial charge < -0.3 is 15.1 Å². The van der Waals surface area contributed by atoms with Crippen molar-refractivity contribution in [2.24, 2.45) is 11.8 Å². The van der Waals surface area contributed by atoms with Crippen LogP contribution in [0.5, 0.6) is 0 Å². The minimum absolute atomic E-state index is 0.0231. The first kappa shape index (κ1) is 15.6. The van der Waals surface area contributed by atoms with Crippen LogP contribution >= 0.6 is 0 Å². The van der Waals surface area contributed by atoms with Crippen molar-refractivity contribution in [1.29, 1.82) is 0 Å². The molecule has 0 spiro atoms. The second kappa shape index (κ2) is 5.88. The van der Waals surface area contributed by atoms with E-state index in [0.29, 0.717) is 23.9 Å². The van der Waals surface area contributed by atoms with Crippen molar-refractivity contribution >= 4 is 11.8 Å². The lowest BCUT2D eigenvalue weighted by molar-refractivity contribution is -0.140. The zero-order valence-electron chi connectivity index (χ0n) is 14.2. The highest BCUT2D eigenvalue weighted by Gasteiger charge is 2.50. The van der Waals surface area contributed by atoms with Crippen LogP contribution in [0, 0.1) is 11.8 Å². The van der Waals surface area contributed by atoms with E-state index in [1.165, 1.54) is 0 Å². The van der Waals surface area contributed by atoms with E-state index in [4.69, 9.17) is 0 Å². The molecule has 0 saturated carbocycles. The van der Waals surface area contributed by atoms with Gasteiger partial charge in [-0.2, -0.15) is 0 Å². The van der Waals surface area contributed by atoms with E-state index in [2.05, 4.69) is 5.32 Å². The lowest BCUT2D eigenvalue weighted by atomic mass is 9.96. The van der Waals surface area contributed by atoms with E-state index in [1.54, 1.807) is 4.90 Å².